The van der Waals surface area contributed by atoms with E-state index >= 15 is 0 Å². The molecule has 1 aliphatic carbocycles. The predicted octanol–water partition coefficient (Wildman–Crippen LogP) is 6.51. The van der Waals surface area contributed by atoms with Gasteiger partial charge in [0.25, 0.3) is 11.8 Å². The third-order valence-corrected chi connectivity index (χ3v) is 9.52. The molecular weight excluding hydrogens is 621 g/mol. The Morgan fingerprint density at radius 1 is 0.979 bits per heavy atom. The van der Waals surface area contributed by atoms with Crippen LogP contribution >= 0.6 is 0 Å². The van der Waals surface area contributed by atoms with Crippen LogP contribution in [-0.4, -0.2) is 50.8 Å². The molecule has 1 fully saturated rings. The van der Waals surface area contributed by atoms with E-state index in [9.17, 15) is 27.5 Å². The van der Waals surface area contributed by atoms with E-state index in [2.05, 4.69) is 10.0 Å². The first-order valence-electron chi connectivity index (χ1n) is 15.3. The predicted molar refractivity (Wildman–Crippen MR) is 181 cm³/mol. The summed E-state index contributed by atoms with van der Waals surface area (Å²) in [6, 6.07) is 23.6. The molecule has 4 aromatic carbocycles. The lowest BCUT2D eigenvalue weighted by atomic mass is 9.94. The molecule has 9 nitrogen and oxygen atoms in total. The molecule has 1 heterocycles. The van der Waals surface area contributed by atoms with E-state index < -0.39 is 21.7 Å². The number of benzene rings is 4. The van der Waals surface area contributed by atoms with Gasteiger partial charge in [0, 0.05) is 53.5 Å². The van der Waals surface area contributed by atoms with Crippen LogP contribution in [0.2, 0.25) is 0 Å². The zero-order valence-corrected chi connectivity index (χ0v) is 26.7. The quantitative estimate of drug-likeness (QED) is 0.149. The van der Waals surface area contributed by atoms with Crippen LogP contribution in [-0.2, 0) is 10.0 Å². The van der Waals surface area contributed by atoms with Crippen molar-refractivity contribution in [3.63, 3.8) is 0 Å². The molecule has 6 rings (SSSR count). The number of carbonyl (C=O) groups is 2. The molecular formula is C36H34FN3O6S. The number of carbonyl (C=O) groups excluding carboxylic acids is 2. The fourth-order valence-corrected chi connectivity index (χ4v) is 6.79. The van der Waals surface area contributed by atoms with Crippen molar-refractivity contribution < 1.29 is 31.9 Å². The Balaban J connectivity index is 1.55. The minimum atomic E-state index is -3.92. The summed E-state index contributed by atoms with van der Waals surface area (Å²) in [5, 5.41) is 12.3. The highest BCUT2D eigenvalue weighted by Gasteiger charge is 2.34. The highest BCUT2D eigenvalue weighted by molar-refractivity contribution is 7.92. The number of aliphatic hydroxyl groups excluding tert-OH is 1. The fourth-order valence-electron chi connectivity index (χ4n) is 5.68. The maximum atomic E-state index is 14.0. The number of nitrogens with zero attached hydrogens (tertiary/aromatic N) is 1. The van der Waals surface area contributed by atoms with E-state index in [4.69, 9.17) is 4.42 Å². The number of anilines is 2. The number of para-hydroxylation sites is 1. The van der Waals surface area contributed by atoms with Crippen molar-refractivity contribution in [1.82, 2.24) is 5.32 Å². The fraction of sp³-hybridized carbons (Fsp3) is 0.222. The molecule has 1 aromatic heterocycles. The van der Waals surface area contributed by atoms with Gasteiger partial charge >= 0.3 is 0 Å². The molecule has 11 heteroatoms. The molecule has 0 bridgehead atoms. The van der Waals surface area contributed by atoms with E-state index in [0.29, 0.717) is 27.6 Å². The summed E-state index contributed by atoms with van der Waals surface area (Å²) >= 11 is 0. The van der Waals surface area contributed by atoms with Crippen molar-refractivity contribution in [2.45, 2.75) is 32.2 Å². The number of hydrogen-bond donors (Lipinski definition) is 3. The molecule has 0 saturated heterocycles. The van der Waals surface area contributed by atoms with Gasteiger partial charge in [-0.1, -0.05) is 24.3 Å². The zero-order valence-electron chi connectivity index (χ0n) is 25.9. The first-order chi connectivity index (χ1) is 22.6. The zero-order chi connectivity index (χ0) is 33.3. The molecule has 1 saturated carbocycles. The van der Waals surface area contributed by atoms with Crippen LogP contribution in [0.4, 0.5) is 15.8 Å². The van der Waals surface area contributed by atoms with E-state index in [1.807, 2.05) is 43.3 Å². The Morgan fingerprint density at radius 3 is 2.36 bits per heavy atom. The molecule has 0 unspecified atom stereocenters. The number of amides is 2. The number of hydrogen-bond acceptors (Lipinski definition) is 6. The number of aryl methyl sites for hydroxylation is 1. The monoisotopic (exact) mass is 655 g/mol. The standard InChI is InChI=1S/C36H34FN3O6S/c1-22-9-10-24(36(43)40(27-15-16-27)26-7-4-3-5-8-26)19-28(22)29-20-30-32(21-31(29)39-47(44,45)18-6-17-41)46-34(33(30)35(42)38-2)23-11-13-25(37)14-12-23/h3-5,7-14,19-21,27,39,41H,6,15-18H2,1-2H3,(H,38,42). The lowest BCUT2D eigenvalue weighted by Crippen LogP contribution is -2.33. The Hall–Kier alpha value is -5.00. The van der Waals surface area contributed by atoms with Gasteiger partial charge in [-0.3, -0.25) is 14.3 Å². The van der Waals surface area contributed by atoms with Crippen molar-refractivity contribution >= 4 is 44.2 Å². The highest BCUT2D eigenvalue weighted by Crippen LogP contribution is 2.42. The summed E-state index contributed by atoms with van der Waals surface area (Å²) in [7, 11) is -2.43. The number of nitrogens with one attached hydrogen (secondary N) is 2. The minimum Gasteiger partial charge on any atom is -0.455 e. The maximum Gasteiger partial charge on any atom is 0.258 e. The normalized spacial score (nSPS) is 13.0. The SMILES string of the molecule is CNC(=O)c1c(-c2ccc(F)cc2)oc2cc(NS(=O)(=O)CCCO)c(-c3cc(C(=O)N(c4ccccc4)C4CC4)ccc3C)cc12. The van der Waals surface area contributed by atoms with Gasteiger partial charge in [-0.25, -0.2) is 12.8 Å². The second-order valence-electron chi connectivity index (χ2n) is 11.6. The third-order valence-electron chi connectivity index (χ3n) is 8.17. The molecule has 2 amide bonds. The van der Waals surface area contributed by atoms with Crippen LogP contribution < -0.4 is 14.9 Å². The highest BCUT2D eigenvalue weighted by atomic mass is 32.2. The van der Waals surface area contributed by atoms with Gasteiger partial charge in [-0.05, 0) is 91.9 Å². The summed E-state index contributed by atoms with van der Waals surface area (Å²) in [4.78, 5) is 29.1. The average molecular weight is 656 g/mol. The van der Waals surface area contributed by atoms with Gasteiger partial charge in [-0.15, -0.1) is 0 Å². The smallest absolute Gasteiger partial charge is 0.258 e. The molecule has 5 aromatic rings. The topological polar surface area (TPSA) is 129 Å². The molecule has 3 N–H and O–H groups in total. The molecule has 242 valence electrons. The number of rotatable bonds is 11. The Labute approximate surface area is 272 Å². The van der Waals surface area contributed by atoms with Crippen LogP contribution in [0.25, 0.3) is 33.4 Å². The lowest BCUT2D eigenvalue weighted by Gasteiger charge is -2.23. The van der Waals surface area contributed by atoms with E-state index in [1.54, 1.807) is 23.1 Å². The second-order valence-corrected chi connectivity index (χ2v) is 13.4. The molecule has 1 aliphatic rings. The van der Waals surface area contributed by atoms with Crippen molar-refractivity contribution in [2.75, 3.05) is 29.0 Å². The first kappa shape index (κ1) is 32.0. The molecule has 0 spiro atoms. The van der Waals surface area contributed by atoms with Gasteiger partial charge in [0.2, 0.25) is 10.0 Å². The third kappa shape index (κ3) is 6.63. The van der Waals surface area contributed by atoms with Crippen molar-refractivity contribution in [1.29, 1.82) is 0 Å². The number of aliphatic hydroxyl groups is 1. The second kappa shape index (κ2) is 13.0. The molecule has 0 radical (unpaired) electrons. The van der Waals surface area contributed by atoms with E-state index in [1.165, 1.54) is 37.4 Å². The molecule has 0 aliphatic heterocycles. The lowest BCUT2D eigenvalue weighted by molar-refractivity contribution is 0.0962. The van der Waals surface area contributed by atoms with Crippen LogP contribution in [0, 0.1) is 12.7 Å². The van der Waals surface area contributed by atoms with Crippen LogP contribution in [0.3, 0.4) is 0 Å². The summed E-state index contributed by atoms with van der Waals surface area (Å²) in [5.41, 5.74) is 4.02. The summed E-state index contributed by atoms with van der Waals surface area (Å²) < 4.78 is 48.8. The Morgan fingerprint density at radius 2 is 1.70 bits per heavy atom. The summed E-state index contributed by atoms with van der Waals surface area (Å²) in [6.45, 7) is 1.55. The number of sulfonamides is 1. The number of fused-ring (bicyclic) bond motifs is 1. The molecule has 47 heavy (non-hydrogen) atoms. The van der Waals surface area contributed by atoms with Crippen LogP contribution in [0.1, 0.15) is 45.5 Å². The van der Waals surface area contributed by atoms with Gasteiger partial charge in [0.15, 0.2) is 0 Å². The summed E-state index contributed by atoms with van der Waals surface area (Å²) in [5.74, 6) is -1.22. The van der Waals surface area contributed by atoms with Gasteiger partial charge < -0.3 is 19.7 Å². The largest absolute Gasteiger partial charge is 0.455 e. The summed E-state index contributed by atoms with van der Waals surface area (Å²) in [6.07, 6.45) is 1.83. The van der Waals surface area contributed by atoms with Crippen molar-refractivity contribution in [3.8, 4) is 22.5 Å². The Bertz CT molecular complexity index is 2070. The minimum absolute atomic E-state index is 0.0305. The van der Waals surface area contributed by atoms with E-state index in [0.717, 1.165) is 24.1 Å². The number of halogens is 1. The van der Waals surface area contributed by atoms with Crippen LogP contribution in [0.5, 0.6) is 0 Å². The van der Waals surface area contributed by atoms with Gasteiger partial charge in [-0.2, -0.15) is 0 Å². The van der Waals surface area contributed by atoms with Crippen molar-refractivity contribution in [3.05, 3.63) is 107 Å². The first-order valence-corrected chi connectivity index (χ1v) is 16.9. The van der Waals surface area contributed by atoms with Gasteiger partial charge in [0.05, 0.1) is 17.0 Å². The van der Waals surface area contributed by atoms with E-state index in [-0.39, 0.29) is 53.3 Å². The molecule has 0 atom stereocenters. The average Bonchev–Trinajstić information content (AvgIpc) is 3.83. The number of furan rings is 1. The maximum absolute atomic E-state index is 14.0. The van der Waals surface area contributed by atoms with Crippen LogP contribution in [0.15, 0.2) is 89.3 Å². The van der Waals surface area contributed by atoms with Crippen molar-refractivity contribution in [2.24, 2.45) is 0 Å². The van der Waals surface area contributed by atoms with Gasteiger partial charge in [0.1, 0.15) is 17.2 Å². The Kier molecular flexibility index (Phi) is 8.85.